The second-order valence-corrected chi connectivity index (χ2v) is 9.18. The number of nitriles is 1. The molecule has 0 bridgehead atoms. The minimum Gasteiger partial charge on any atom is -0.493 e. The van der Waals surface area contributed by atoms with E-state index in [0.717, 1.165) is 40.8 Å². The van der Waals surface area contributed by atoms with Crippen LogP contribution in [0.5, 0.6) is 5.75 Å². The molecule has 2 N–H and O–H groups in total. The Morgan fingerprint density at radius 3 is 2.86 bits per heavy atom. The number of pyridine rings is 1. The van der Waals surface area contributed by atoms with E-state index in [2.05, 4.69) is 22.4 Å². The topological polar surface area (TPSA) is 112 Å². The molecule has 3 aromatic rings. The lowest BCUT2D eigenvalue weighted by atomic mass is 9.85. The number of aryl methyl sites for hydroxylation is 1. The van der Waals surface area contributed by atoms with E-state index in [-0.39, 0.29) is 23.7 Å². The van der Waals surface area contributed by atoms with Crippen molar-refractivity contribution in [3.05, 3.63) is 77.6 Å². The lowest BCUT2D eigenvalue weighted by molar-refractivity contribution is -0.137. The van der Waals surface area contributed by atoms with Crippen molar-refractivity contribution in [2.45, 2.75) is 37.5 Å². The van der Waals surface area contributed by atoms with E-state index in [1.165, 1.54) is 0 Å². The van der Waals surface area contributed by atoms with E-state index < -0.39 is 5.97 Å². The van der Waals surface area contributed by atoms with Gasteiger partial charge in [0.25, 0.3) is 0 Å². The van der Waals surface area contributed by atoms with Crippen LogP contribution in [-0.4, -0.2) is 28.6 Å². The van der Waals surface area contributed by atoms with Crippen molar-refractivity contribution >= 4 is 17.6 Å². The predicted molar refractivity (Wildman–Crippen MR) is 130 cm³/mol. The number of carboxylic acids is 1. The first kappa shape index (κ1) is 22.6. The smallest absolute Gasteiger partial charge is 0.303 e. The summed E-state index contributed by atoms with van der Waals surface area (Å²) in [5.41, 5.74) is 4.69. The summed E-state index contributed by atoms with van der Waals surface area (Å²) in [5.74, 6) is -0.320. The molecular formula is C28H25N3O4. The van der Waals surface area contributed by atoms with Gasteiger partial charge in [-0.1, -0.05) is 18.2 Å². The maximum Gasteiger partial charge on any atom is 0.303 e. The van der Waals surface area contributed by atoms with Gasteiger partial charge in [0.1, 0.15) is 5.75 Å². The van der Waals surface area contributed by atoms with E-state index >= 15 is 0 Å². The maximum atomic E-state index is 13.4. The fourth-order valence-corrected chi connectivity index (χ4v) is 5.09. The van der Waals surface area contributed by atoms with Crippen LogP contribution in [-0.2, 0) is 21.4 Å². The van der Waals surface area contributed by atoms with Crippen LogP contribution in [0.25, 0.3) is 11.1 Å². The van der Waals surface area contributed by atoms with Crippen LogP contribution in [0.3, 0.4) is 0 Å². The standard InChI is InChI=1S/C28H25N3O4/c29-16-18-6-7-19(3-1-5-26(32)33)24(13-18)31-27(34)23-15-28(23)10-12-35-25-9-8-20(14-22(25)28)21-4-2-11-30-17-21/h2,4,6-9,11,13-14,17,23H,1,3,5,10,12,15H2,(H,31,34)(H,32,33)/t23-,28?/m0/s1. The molecule has 7 nitrogen and oxygen atoms in total. The van der Waals surface area contributed by atoms with Crippen molar-refractivity contribution < 1.29 is 19.4 Å². The van der Waals surface area contributed by atoms with Crippen LogP contribution >= 0.6 is 0 Å². The largest absolute Gasteiger partial charge is 0.493 e. The van der Waals surface area contributed by atoms with Gasteiger partial charge >= 0.3 is 5.97 Å². The molecule has 1 aliphatic heterocycles. The number of carbonyl (C=O) groups excluding carboxylic acids is 1. The summed E-state index contributed by atoms with van der Waals surface area (Å²) in [6.45, 7) is 0.563. The number of aromatic nitrogens is 1. The maximum absolute atomic E-state index is 13.4. The number of fused-ring (bicyclic) bond motifs is 2. The highest BCUT2D eigenvalue weighted by Gasteiger charge is 2.61. The summed E-state index contributed by atoms with van der Waals surface area (Å²) >= 11 is 0. The summed E-state index contributed by atoms with van der Waals surface area (Å²) in [6.07, 6.45) is 6.08. The number of nitrogens with one attached hydrogen (secondary N) is 1. The number of carboxylic acid groups (broad SMARTS) is 1. The van der Waals surface area contributed by atoms with Crippen molar-refractivity contribution in [2.24, 2.45) is 5.92 Å². The molecule has 1 unspecified atom stereocenters. The molecule has 2 heterocycles. The predicted octanol–water partition coefficient (Wildman–Crippen LogP) is 4.71. The van der Waals surface area contributed by atoms with E-state index in [4.69, 9.17) is 9.84 Å². The first-order chi connectivity index (χ1) is 17.0. The molecule has 1 aromatic heterocycles. The monoisotopic (exact) mass is 467 g/mol. The number of anilines is 1. The third-order valence-electron chi connectivity index (χ3n) is 7.04. The van der Waals surface area contributed by atoms with E-state index in [1.54, 1.807) is 24.4 Å². The summed E-state index contributed by atoms with van der Waals surface area (Å²) < 4.78 is 5.92. The highest BCUT2D eigenvalue weighted by molar-refractivity contribution is 5.97. The summed E-state index contributed by atoms with van der Waals surface area (Å²) in [5, 5.41) is 21.3. The molecule has 1 aliphatic carbocycles. The molecule has 2 aliphatic rings. The highest BCUT2D eigenvalue weighted by Crippen LogP contribution is 2.61. The average molecular weight is 468 g/mol. The van der Waals surface area contributed by atoms with Gasteiger partial charge in [0.15, 0.2) is 0 Å². The number of amides is 1. The Bertz CT molecular complexity index is 1330. The summed E-state index contributed by atoms with van der Waals surface area (Å²) in [4.78, 5) is 28.5. The SMILES string of the molecule is N#Cc1ccc(CCCC(=O)O)c(NC(=O)[C@@H]2CC23CCOc2ccc(-c4cccnc4)cc23)c1. The van der Waals surface area contributed by atoms with Gasteiger partial charge in [-0.3, -0.25) is 14.6 Å². The number of benzene rings is 2. The summed E-state index contributed by atoms with van der Waals surface area (Å²) in [7, 11) is 0. The van der Waals surface area contributed by atoms with Gasteiger partial charge in [-0.05, 0) is 67.1 Å². The number of ether oxygens (including phenoxy) is 1. The molecule has 35 heavy (non-hydrogen) atoms. The van der Waals surface area contributed by atoms with Crippen LogP contribution < -0.4 is 10.1 Å². The molecule has 1 saturated carbocycles. The zero-order chi connectivity index (χ0) is 24.4. The van der Waals surface area contributed by atoms with Gasteiger partial charge in [0.05, 0.1) is 18.2 Å². The molecule has 176 valence electrons. The Hall–Kier alpha value is -4.18. The Labute approximate surface area is 203 Å². The number of aliphatic carboxylic acids is 1. The zero-order valence-electron chi connectivity index (χ0n) is 19.2. The van der Waals surface area contributed by atoms with Gasteiger partial charge in [0, 0.05) is 47.0 Å². The molecule has 5 rings (SSSR count). The average Bonchev–Trinajstić information content (AvgIpc) is 3.60. The van der Waals surface area contributed by atoms with Crippen molar-refractivity contribution in [1.82, 2.24) is 4.98 Å². The van der Waals surface area contributed by atoms with Crippen LogP contribution in [0.4, 0.5) is 5.69 Å². The third-order valence-corrected chi connectivity index (χ3v) is 7.04. The quantitative estimate of drug-likeness (QED) is 0.521. The molecule has 1 spiro atoms. The molecule has 1 fully saturated rings. The molecule has 2 atom stereocenters. The minimum absolute atomic E-state index is 0.0508. The molecule has 0 saturated heterocycles. The highest BCUT2D eigenvalue weighted by atomic mass is 16.5. The van der Waals surface area contributed by atoms with Gasteiger partial charge < -0.3 is 15.2 Å². The van der Waals surface area contributed by atoms with Crippen molar-refractivity contribution in [3.63, 3.8) is 0 Å². The van der Waals surface area contributed by atoms with Crippen molar-refractivity contribution in [3.8, 4) is 22.9 Å². The molecule has 1 amide bonds. The second kappa shape index (κ2) is 9.22. The minimum atomic E-state index is -0.854. The fraction of sp³-hybridized carbons (Fsp3) is 0.286. The lowest BCUT2D eigenvalue weighted by Crippen LogP contribution is -2.27. The number of hydrogen-bond acceptors (Lipinski definition) is 5. The number of hydrogen-bond donors (Lipinski definition) is 2. The number of carbonyl (C=O) groups is 2. The zero-order valence-corrected chi connectivity index (χ0v) is 19.2. The van der Waals surface area contributed by atoms with Crippen LogP contribution in [0.2, 0.25) is 0 Å². The molecule has 2 aromatic carbocycles. The van der Waals surface area contributed by atoms with E-state index in [1.807, 2.05) is 30.5 Å². The number of rotatable bonds is 7. The summed E-state index contributed by atoms with van der Waals surface area (Å²) in [6, 6.07) is 17.3. The van der Waals surface area contributed by atoms with Crippen LogP contribution in [0.1, 0.15) is 42.4 Å². The second-order valence-electron chi connectivity index (χ2n) is 9.18. The van der Waals surface area contributed by atoms with E-state index in [0.29, 0.717) is 30.7 Å². The van der Waals surface area contributed by atoms with Gasteiger partial charge in [-0.25, -0.2) is 0 Å². The number of nitrogens with zero attached hydrogens (tertiary/aromatic N) is 2. The van der Waals surface area contributed by atoms with Gasteiger partial charge in [0.2, 0.25) is 5.91 Å². The Morgan fingerprint density at radius 1 is 1.20 bits per heavy atom. The first-order valence-corrected chi connectivity index (χ1v) is 11.7. The van der Waals surface area contributed by atoms with Crippen LogP contribution in [0.15, 0.2) is 60.9 Å². The first-order valence-electron chi connectivity index (χ1n) is 11.7. The molecule has 0 radical (unpaired) electrons. The normalized spacial score (nSPS) is 19.8. The Balaban J connectivity index is 1.38. The van der Waals surface area contributed by atoms with Crippen molar-refractivity contribution in [1.29, 1.82) is 5.26 Å². The molecule has 7 heteroatoms. The fourth-order valence-electron chi connectivity index (χ4n) is 5.09. The van der Waals surface area contributed by atoms with Gasteiger partial charge in [-0.2, -0.15) is 5.26 Å². The lowest BCUT2D eigenvalue weighted by Gasteiger charge is -2.27. The Morgan fingerprint density at radius 2 is 2.09 bits per heavy atom. The van der Waals surface area contributed by atoms with Gasteiger partial charge in [-0.15, -0.1) is 0 Å². The van der Waals surface area contributed by atoms with E-state index in [9.17, 15) is 14.9 Å². The van der Waals surface area contributed by atoms with Crippen molar-refractivity contribution in [2.75, 3.05) is 11.9 Å². The van der Waals surface area contributed by atoms with Crippen LogP contribution in [0, 0.1) is 17.2 Å². The third kappa shape index (κ3) is 4.47. The molecular weight excluding hydrogens is 442 g/mol. The Kier molecular flexibility index (Phi) is 5.96.